The number of hydrogen-bond donors (Lipinski definition) is 1. The maximum Gasteiger partial charge on any atom is 0.265 e. The minimum atomic E-state index is -0.709. The summed E-state index contributed by atoms with van der Waals surface area (Å²) in [5.74, 6) is 0.753. The van der Waals surface area contributed by atoms with E-state index in [9.17, 15) is 4.79 Å². The van der Waals surface area contributed by atoms with E-state index in [4.69, 9.17) is 14.7 Å². The third kappa shape index (κ3) is 3.76. The molecule has 1 atom stereocenters. The summed E-state index contributed by atoms with van der Waals surface area (Å²) >= 11 is 0. The van der Waals surface area contributed by atoms with E-state index in [2.05, 4.69) is 5.32 Å². The molecule has 0 unspecified atom stereocenters. The van der Waals surface area contributed by atoms with Crippen molar-refractivity contribution in [3.05, 3.63) is 54.1 Å². The van der Waals surface area contributed by atoms with Crippen molar-refractivity contribution in [1.82, 2.24) is 0 Å². The van der Waals surface area contributed by atoms with E-state index in [1.54, 1.807) is 49.4 Å². The number of para-hydroxylation sites is 2. The second-order valence-electron chi connectivity index (χ2n) is 4.59. The Morgan fingerprint density at radius 1 is 1.23 bits per heavy atom. The number of nitrogens with zero attached hydrogens (tertiary/aromatic N) is 1. The Labute approximate surface area is 129 Å². The largest absolute Gasteiger partial charge is 0.495 e. The lowest BCUT2D eigenvalue weighted by molar-refractivity contribution is -0.122. The highest BCUT2D eigenvalue weighted by atomic mass is 16.5. The molecular weight excluding hydrogens is 280 g/mol. The summed E-state index contributed by atoms with van der Waals surface area (Å²) < 4.78 is 10.7. The van der Waals surface area contributed by atoms with E-state index in [-0.39, 0.29) is 5.91 Å². The van der Waals surface area contributed by atoms with Gasteiger partial charge in [-0.2, -0.15) is 5.26 Å². The molecule has 5 nitrogen and oxygen atoms in total. The molecule has 1 amide bonds. The van der Waals surface area contributed by atoms with Gasteiger partial charge in [0.25, 0.3) is 5.91 Å². The Bertz CT molecular complexity index is 707. The van der Waals surface area contributed by atoms with Crippen molar-refractivity contribution in [2.75, 3.05) is 12.4 Å². The quantitative estimate of drug-likeness (QED) is 0.920. The predicted octanol–water partition coefficient (Wildman–Crippen LogP) is 2.97. The van der Waals surface area contributed by atoms with Crippen LogP contribution >= 0.6 is 0 Å². The van der Waals surface area contributed by atoms with Crippen LogP contribution < -0.4 is 14.8 Å². The van der Waals surface area contributed by atoms with Crippen molar-refractivity contribution in [3.63, 3.8) is 0 Å². The highest BCUT2D eigenvalue weighted by molar-refractivity contribution is 5.95. The molecule has 2 aromatic carbocycles. The molecule has 0 heterocycles. The van der Waals surface area contributed by atoms with E-state index >= 15 is 0 Å². The van der Waals surface area contributed by atoms with E-state index in [1.807, 2.05) is 12.1 Å². The molecule has 0 fully saturated rings. The van der Waals surface area contributed by atoms with Crippen LogP contribution in [0.2, 0.25) is 0 Å². The third-order valence-corrected chi connectivity index (χ3v) is 3.01. The average Bonchev–Trinajstić information content (AvgIpc) is 2.55. The fraction of sp³-hybridized carbons (Fsp3) is 0.176. The highest BCUT2D eigenvalue weighted by Gasteiger charge is 2.16. The molecule has 1 N–H and O–H groups in total. The minimum absolute atomic E-state index is 0.299. The Morgan fingerprint density at radius 3 is 2.73 bits per heavy atom. The van der Waals surface area contributed by atoms with Crippen LogP contribution in [0.25, 0.3) is 0 Å². The van der Waals surface area contributed by atoms with Crippen molar-refractivity contribution >= 4 is 11.6 Å². The van der Waals surface area contributed by atoms with Gasteiger partial charge in [0.2, 0.25) is 0 Å². The molecule has 0 bridgehead atoms. The van der Waals surface area contributed by atoms with Gasteiger partial charge in [0.15, 0.2) is 6.10 Å². The van der Waals surface area contributed by atoms with E-state index in [1.165, 1.54) is 7.11 Å². The number of ether oxygens (including phenoxy) is 2. The Balaban J connectivity index is 2.04. The number of nitrogens with one attached hydrogen (secondary N) is 1. The summed E-state index contributed by atoms with van der Waals surface area (Å²) in [7, 11) is 1.54. The van der Waals surface area contributed by atoms with Gasteiger partial charge in [0.1, 0.15) is 11.5 Å². The molecule has 0 aliphatic heterocycles. The average molecular weight is 296 g/mol. The lowest BCUT2D eigenvalue weighted by Gasteiger charge is -2.16. The molecule has 5 heteroatoms. The summed E-state index contributed by atoms with van der Waals surface area (Å²) in [5, 5.41) is 11.6. The normalized spacial score (nSPS) is 11.1. The number of rotatable bonds is 5. The van der Waals surface area contributed by atoms with Gasteiger partial charge in [-0.15, -0.1) is 0 Å². The molecule has 2 rings (SSSR count). The monoisotopic (exact) mass is 296 g/mol. The number of hydrogen-bond acceptors (Lipinski definition) is 4. The Kier molecular flexibility index (Phi) is 4.99. The number of amides is 1. The van der Waals surface area contributed by atoms with Crippen molar-refractivity contribution in [3.8, 4) is 17.6 Å². The fourth-order valence-corrected chi connectivity index (χ4v) is 1.88. The van der Waals surface area contributed by atoms with E-state index in [0.717, 1.165) is 0 Å². The van der Waals surface area contributed by atoms with Gasteiger partial charge in [-0.3, -0.25) is 4.79 Å². The van der Waals surface area contributed by atoms with Crippen LogP contribution in [-0.4, -0.2) is 19.1 Å². The van der Waals surface area contributed by atoms with Gasteiger partial charge in [0.05, 0.1) is 24.4 Å². The number of carbonyl (C=O) groups is 1. The highest BCUT2D eigenvalue weighted by Crippen LogP contribution is 2.23. The molecule has 0 aliphatic rings. The van der Waals surface area contributed by atoms with Crippen LogP contribution in [0.1, 0.15) is 12.5 Å². The first-order chi connectivity index (χ1) is 10.6. The van der Waals surface area contributed by atoms with Crippen LogP contribution in [0.4, 0.5) is 5.69 Å². The summed E-state index contributed by atoms with van der Waals surface area (Å²) in [6.45, 7) is 1.64. The zero-order valence-corrected chi connectivity index (χ0v) is 12.4. The second kappa shape index (κ2) is 7.14. The molecule has 0 saturated carbocycles. The molecule has 2 aromatic rings. The Hall–Kier alpha value is -3.00. The molecular formula is C17H16N2O3. The van der Waals surface area contributed by atoms with Gasteiger partial charge in [-0.05, 0) is 37.3 Å². The molecule has 0 aromatic heterocycles. The van der Waals surface area contributed by atoms with Crippen LogP contribution in [-0.2, 0) is 4.79 Å². The molecule has 22 heavy (non-hydrogen) atoms. The molecule has 0 radical (unpaired) electrons. The lowest BCUT2D eigenvalue weighted by Crippen LogP contribution is -2.30. The van der Waals surface area contributed by atoms with Gasteiger partial charge >= 0.3 is 0 Å². The van der Waals surface area contributed by atoms with Gasteiger partial charge in [0, 0.05) is 0 Å². The number of anilines is 1. The maximum atomic E-state index is 12.2. The molecule has 0 saturated heterocycles. The first-order valence-electron chi connectivity index (χ1n) is 6.74. The van der Waals surface area contributed by atoms with Crippen LogP contribution in [0.3, 0.4) is 0 Å². The number of nitriles is 1. The summed E-state index contributed by atoms with van der Waals surface area (Å²) in [6, 6.07) is 15.8. The number of benzene rings is 2. The van der Waals surface area contributed by atoms with Gasteiger partial charge in [-0.25, -0.2) is 0 Å². The first kappa shape index (κ1) is 15.4. The van der Waals surface area contributed by atoms with E-state index in [0.29, 0.717) is 22.7 Å². The predicted molar refractivity (Wildman–Crippen MR) is 82.9 cm³/mol. The first-order valence-corrected chi connectivity index (χ1v) is 6.74. The molecule has 0 aliphatic carbocycles. The van der Waals surface area contributed by atoms with Crippen molar-refractivity contribution in [1.29, 1.82) is 5.26 Å². The van der Waals surface area contributed by atoms with Crippen LogP contribution in [0.5, 0.6) is 11.5 Å². The van der Waals surface area contributed by atoms with Gasteiger partial charge < -0.3 is 14.8 Å². The van der Waals surface area contributed by atoms with Gasteiger partial charge in [-0.1, -0.05) is 18.2 Å². The maximum absolute atomic E-state index is 12.2. The van der Waals surface area contributed by atoms with Crippen molar-refractivity contribution < 1.29 is 14.3 Å². The summed E-state index contributed by atoms with van der Waals surface area (Å²) in [4.78, 5) is 12.2. The summed E-state index contributed by atoms with van der Waals surface area (Å²) in [6.07, 6.45) is -0.709. The van der Waals surface area contributed by atoms with Crippen LogP contribution in [0, 0.1) is 11.3 Å². The second-order valence-corrected chi connectivity index (χ2v) is 4.59. The fourth-order valence-electron chi connectivity index (χ4n) is 1.88. The van der Waals surface area contributed by atoms with Crippen LogP contribution in [0.15, 0.2) is 48.5 Å². The van der Waals surface area contributed by atoms with E-state index < -0.39 is 6.10 Å². The SMILES string of the molecule is COc1ccccc1NC(=O)[C@H](C)Oc1cccc(C#N)c1. The smallest absolute Gasteiger partial charge is 0.265 e. The third-order valence-electron chi connectivity index (χ3n) is 3.01. The number of methoxy groups -OCH3 is 1. The minimum Gasteiger partial charge on any atom is -0.495 e. The lowest BCUT2D eigenvalue weighted by atomic mass is 10.2. The molecule has 0 spiro atoms. The Morgan fingerprint density at radius 2 is 2.00 bits per heavy atom. The molecule has 112 valence electrons. The summed E-state index contributed by atoms with van der Waals surface area (Å²) in [5.41, 5.74) is 1.06. The standard InChI is InChI=1S/C17H16N2O3/c1-12(22-14-7-5-6-13(10-14)11-18)17(20)19-15-8-3-4-9-16(15)21-2/h3-10,12H,1-2H3,(H,19,20)/t12-/m0/s1. The van der Waals surface area contributed by atoms with Crippen molar-refractivity contribution in [2.45, 2.75) is 13.0 Å². The topological polar surface area (TPSA) is 71.3 Å². The zero-order chi connectivity index (χ0) is 15.9. The zero-order valence-electron chi connectivity index (χ0n) is 12.4. The van der Waals surface area contributed by atoms with Crippen molar-refractivity contribution in [2.24, 2.45) is 0 Å². The number of carbonyl (C=O) groups excluding carboxylic acids is 1.